The molecule has 0 spiro atoms. The first-order valence-corrected chi connectivity index (χ1v) is 4.36. The summed E-state index contributed by atoms with van der Waals surface area (Å²) in [6.45, 7) is 7.67. The molecule has 2 heteroatoms. The van der Waals surface area contributed by atoms with Gasteiger partial charge in [0.25, 0.3) is 0 Å². The fourth-order valence-electron chi connectivity index (χ4n) is 0.831. The van der Waals surface area contributed by atoms with E-state index in [4.69, 9.17) is 6.42 Å². The Bertz CT molecular complexity index is 167. The van der Waals surface area contributed by atoms with Gasteiger partial charge in [0.2, 0.25) is 0 Å². The van der Waals surface area contributed by atoms with Gasteiger partial charge in [0.1, 0.15) is 0 Å². The SMILES string of the molecule is C#CC(CC)NC(C)(C)C(C)O. The molecule has 0 saturated heterocycles. The van der Waals surface area contributed by atoms with E-state index in [2.05, 4.69) is 11.2 Å². The van der Waals surface area contributed by atoms with E-state index < -0.39 is 6.10 Å². The predicted molar refractivity (Wildman–Crippen MR) is 51.8 cm³/mol. The fraction of sp³-hybridized carbons (Fsp3) is 0.800. The number of aliphatic hydroxyl groups is 1. The summed E-state index contributed by atoms with van der Waals surface area (Å²) in [6, 6.07) is 0.0506. The lowest BCUT2D eigenvalue weighted by Crippen LogP contribution is -2.52. The first-order chi connectivity index (χ1) is 5.44. The molecule has 0 radical (unpaired) electrons. The Balaban J connectivity index is 4.14. The van der Waals surface area contributed by atoms with Gasteiger partial charge in [0.15, 0.2) is 0 Å². The summed E-state index contributed by atoms with van der Waals surface area (Å²) in [5, 5.41) is 12.6. The van der Waals surface area contributed by atoms with Crippen LogP contribution in [0.25, 0.3) is 0 Å². The molecule has 12 heavy (non-hydrogen) atoms. The third-order valence-electron chi connectivity index (χ3n) is 2.20. The standard InChI is InChI=1S/C10H19NO/c1-6-9(7-2)11-10(4,5)8(3)12/h1,8-9,11-12H,7H2,2-5H3. The minimum atomic E-state index is -0.403. The molecule has 0 bridgehead atoms. The molecule has 0 aromatic heterocycles. The van der Waals surface area contributed by atoms with E-state index in [1.54, 1.807) is 6.92 Å². The highest BCUT2D eigenvalue weighted by Crippen LogP contribution is 2.10. The summed E-state index contributed by atoms with van der Waals surface area (Å²) in [5.41, 5.74) is -0.312. The van der Waals surface area contributed by atoms with Crippen molar-refractivity contribution in [2.24, 2.45) is 0 Å². The molecule has 0 aliphatic heterocycles. The second-order valence-electron chi connectivity index (χ2n) is 3.67. The number of rotatable bonds is 4. The summed E-state index contributed by atoms with van der Waals surface area (Å²) in [4.78, 5) is 0. The Hall–Kier alpha value is -0.520. The highest BCUT2D eigenvalue weighted by molar-refractivity contribution is 5.02. The normalized spacial score (nSPS) is 16.7. The topological polar surface area (TPSA) is 32.3 Å². The maximum Gasteiger partial charge on any atom is 0.0689 e. The van der Waals surface area contributed by atoms with Gasteiger partial charge >= 0.3 is 0 Å². The maximum absolute atomic E-state index is 9.39. The molecule has 0 aromatic carbocycles. The van der Waals surface area contributed by atoms with Crippen LogP contribution in [0.4, 0.5) is 0 Å². The van der Waals surface area contributed by atoms with Crippen molar-refractivity contribution in [1.29, 1.82) is 0 Å². The van der Waals surface area contributed by atoms with E-state index in [9.17, 15) is 5.11 Å². The lowest BCUT2D eigenvalue weighted by molar-refractivity contribution is 0.0923. The molecule has 0 saturated carbocycles. The molecule has 2 N–H and O–H groups in total. The summed E-state index contributed by atoms with van der Waals surface area (Å²) >= 11 is 0. The van der Waals surface area contributed by atoms with Gasteiger partial charge < -0.3 is 5.11 Å². The Kier molecular flexibility index (Phi) is 4.30. The van der Waals surface area contributed by atoms with Gasteiger partial charge in [-0.3, -0.25) is 5.32 Å². The quantitative estimate of drug-likeness (QED) is 0.619. The third kappa shape index (κ3) is 3.25. The van der Waals surface area contributed by atoms with Crippen LogP contribution in [0.1, 0.15) is 34.1 Å². The maximum atomic E-state index is 9.39. The minimum Gasteiger partial charge on any atom is -0.392 e. The lowest BCUT2D eigenvalue weighted by atomic mass is 9.97. The van der Waals surface area contributed by atoms with Crippen LogP contribution in [-0.2, 0) is 0 Å². The Morgan fingerprint density at radius 1 is 1.58 bits per heavy atom. The van der Waals surface area contributed by atoms with E-state index in [1.165, 1.54) is 0 Å². The molecule has 0 fully saturated rings. The first kappa shape index (κ1) is 11.5. The van der Waals surface area contributed by atoms with Gasteiger partial charge in [0.05, 0.1) is 12.1 Å². The highest BCUT2D eigenvalue weighted by Gasteiger charge is 2.25. The van der Waals surface area contributed by atoms with Crippen molar-refractivity contribution in [2.75, 3.05) is 0 Å². The molecule has 0 rings (SSSR count). The number of nitrogens with one attached hydrogen (secondary N) is 1. The van der Waals surface area contributed by atoms with E-state index >= 15 is 0 Å². The molecule has 0 aliphatic carbocycles. The predicted octanol–water partition coefficient (Wildman–Crippen LogP) is 1.15. The lowest BCUT2D eigenvalue weighted by Gasteiger charge is -2.32. The molecule has 0 heterocycles. The molecule has 0 aliphatic rings. The van der Waals surface area contributed by atoms with Crippen LogP contribution in [0.15, 0.2) is 0 Å². The molecule has 2 atom stereocenters. The number of terminal acetylenes is 1. The summed E-state index contributed by atoms with van der Waals surface area (Å²) in [6.07, 6.45) is 5.78. The molecule has 2 nitrogen and oxygen atoms in total. The van der Waals surface area contributed by atoms with Gasteiger partial charge in [-0.05, 0) is 27.2 Å². The van der Waals surface area contributed by atoms with Gasteiger partial charge in [-0.15, -0.1) is 6.42 Å². The van der Waals surface area contributed by atoms with E-state index in [1.807, 2.05) is 20.8 Å². The zero-order valence-electron chi connectivity index (χ0n) is 8.39. The van der Waals surface area contributed by atoms with Crippen molar-refractivity contribution in [3.8, 4) is 12.3 Å². The van der Waals surface area contributed by atoms with Crippen molar-refractivity contribution in [2.45, 2.75) is 51.8 Å². The molecule has 0 aromatic rings. The number of hydrogen-bond donors (Lipinski definition) is 2. The third-order valence-corrected chi connectivity index (χ3v) is 2.20. The van der Waals surface area contributed by atoms with Crippen molar-refractivity contribution >= 4 is 0 Å². The summed E-state index contributed by atoms with van der Waals surface area (Å²) in [5.74, 6) is 2.64. The van der Waals surface area contributed by atoms with Crippen LogP contribution in [-0.4, -0.2) is 22.8 Å². The van der Waals surface area contributed by atoms with Gasteiger partial charge in [0, 0.05) is 5.54 Å². The van der Waals surface area contributed by atoms with E-state index in [0.717, 1.165) is 6.42 Å². The van der Waals surface area contributed by atoms with Gasteiger partial charge in [-0.2, -0.15) is 0 Å². The van der Waals surface area contributed by atoms with Crippen molar-refractivity contribution in [3.05, 3.63) is 0 Å². The number of hydrogen-bond acceptors (Lipinski definition) is 2. The van der Waals surface area contributed by atoms with E-state index in [0.29, 0.717) is 0 Å². The summed E-state index contributed by atoms with van der Waals surface area (Å²) < 4.78 is 0. The fourth-order valence-corrected chi connectivity index (χ4v) is 0.831. The zero-order valence-corrected chi connectivity index (χ0v) is 8.39. The average molecular weight is 169 g/mol. The largest absolute Gasteiger partial charge is 0.392 e. The Morgan fingerprint density at radius 2 is 2.08 bits per heavy atom. The molecule has 0 amide bonds. The smallest absolute Gasteiger partial charge is 0.0689 e. The Morgan fingerprint density at radius 3 is 2.33 bits per heavy atom. The first-order valence-electron chi connectivity index (χ1n) is 4.36. The molecule has 70 valence electrons. The minimum absolute atomic E-state index is 0.0506. The van der Waals surface area contributed by atoms with Crippen LogP contribution in [0, 0.1) is 12.3 Å². The van der Waals surface area contributed by atoms with Crippen LogP contribution in [0.3, 0.4) is 0 Å². The second kappa shape index (κ2) is 4.49. The molecular weight excluding hydrogens is 150 g/mol. The van der Waals surface area contributed by atoms with Crippen LogP contribution in [0.5, 0.6) is 0 Å². The van der Waals surface area contributed by atoms with Gasteiger partial charge in [-0.25, -0.2) is 0 Å². The van der Waals surface area contributed by atoms with Crippen molar-refractivity contribution in [1.82, 2.24) is 5.32 Å². The monoisotopic (exact) mass is 169 g/mol. The second-order valence-corrected chi connectivity index (χ2v) is 3.67. The van der Waals surface area contributed by atoms with Crippen LogP contribution < -0.4 is 5.32 Å². The highest BCUT2D eigenvalue weighted by atomic mass is 16.3. The van der Waals surface area contributed by atoms with E-state index in [-0.39, 0.29) is 11.6 Å². The summed E-state index contributed by atoms with van der Waals surface area (Å²) in [7, 11) is 0. The zero-order chi connectivity index (χ0) is 9.78. The Labute approximate surface area is 75.4 Å². The van der Waals surface area contributed by atoms with Crippen LogP contribution >= 0.6 is 0 Å². The molecular formula is C10H19NO. The van der Waals surface area contributed by atoms with Crippen molar-refractivity contribution < 1.29 is 5.11 Å². The van der Waals surface area contributed by atoms with Crippen molar-refractivity contribution in [3.63, 3.8) is 0 Å². The number of aliphatic hydroxyl groups excluding tert-OH is 1. The van der Waals surface area contributed by atoms with Gasteiger partial charge in [-0.1, -0.05) is 12.8 Å². The van der Waals surface area contributed by atoms with Crippen LogP contribution in [0.2, 0.25) is 0 Å². The molecule has 2 unspecified atom stereocenters. The average Bonchev–Trinajstić information content (AvgIpc) is 2.00.